The van der Waals surface area contributed by atoms with Crippen LogP contribution in [0.15, 0.2) is 23.0 Å². The first-order chi connectivity index (χ1) is 15.0. The fraction of sp³-hybridized carbons (Fsp3) is 0.591. The number of imide groups is 1. The number of hydrogen-bond donors (Lipinski definition) is 2. The zero-order valence-electron chi connectivity index (χ0n) is 17.8. The van der Waals surface area contributed by atoms with Crippen LogP contribution in [0.25, 0.3) is 11.0 Å². The maximum absolute atomic E-state index is 12.9. The van der Waals surface area contributed by atoms with Crippen LogP contribution >= 0.6 is 0 Å². The van der Waals surface area contributed by atoms with E-state index in [9.17, 15) is 14.4 Å². The number of benzene rings is 1. The lowest BCUT2D eigenvalue weighted by Gasteiger charge is -2.35. The molecule has 0 spiro atoms. The van der Waals surface area contributed by atoms with Gasteiger partial charge in [0.15, 0.2) is 0 Å². The molecule has 1 atom stereocenters. The van der Waals surface area contributed by atoms with E-state index in [1.165, 1.54) is 4.57 Å². The topological polar surface area (TPSA) is 97.6 Å². The number of nitrogens with one attached hydrogen (secondary N) is 2. The summed E-state index contributed by atoms with van der Waals surface area (Å²) in [5.41, 5.74) is 2.38. The average molecular weight is 428 g/mol. The number of carbonyl (C=O) groups is 2. The fourth-order valence-electron chi connectivity index (χ4n) is 4.79. The third kappa shape index (κ3) is 3.76. The first-order valence-electron chi connectivity index (χ1n) is 11.1. The normalized spacial score (nSPS) is 23.3. The number of hydrogen-bond acceptors (Lipinski definition) is 6. The van der Waals surface area contributed by atoms with Crippen LogP contribution < -0.4 is 21.2 Å². The van der Waals surface area contributed by atoms with Crippen LogP contribution in [0.5, 0.6) is 0 Å². The molecule has 4 heterocycles. The first kappa shape index (κ1) is 20.3. The number of ether oxygens (including phenoxy) is 1. The van der Waals surface area contributed by atoms with E-state index in [1.54, 1.807) is 11.6 Å². The summed E-state index contributed by atoms with van der Waals surface area (Å²) in [4.78, 5) is 39.1. The molecule has 3 aliphatic heterocycles. The molecular formula is C22H29N5O4. The van der Waals surface area contributed by atoms with Crippen molar-refractivity contribution in [2.45, 2.75) is 37.8 Å². The van der Waals surface area contributed by atoms with Crippen LogP contribution in [0, 0.1) is 5.92 Å². The number of piperidine rings is 2. The van der Waals surface area contributed by atoms with Gasteiger partial charge in [0, 0.05) is 45.3 Å². The molecule has 2 aromatic rings. The van der Waals surface area contributed by atoms with E-state index < -0.39 is 11.9 Å². The highest BCUT2D eigenvalue weighted by atomic mass is 16.5. The van der Waals surface area contributed by atoms with Gasteiger partial charge in [0.1, 0.15) is 6.04 Å². The molecular weight excluding hydrogens is 398 g/mol. The Labute approximate surface area is 180 Å². The van der Waals surface area contributed by atoms with Gasteiger partial charge < -0.3 is 15.0 Å². The summed E-state index contributed by atoms with van der Waals surface area (Å²) in [6.45, 7) is 4.70. The molecule has 0 saturated carbocycles. The Morgan fingerprint density at radius 3 is 2.52 bits per heavy atom. The van der Waals surface area contributed by atoms with E-state index in [4.69, 9.17) is 4.74 Å². The lowest BCUT2D eigenvalue weighted by molar-refractivity contribution is -0.135. The molecule has 9 heteroatoms. The smallest absolute Gasteiger partial charge is 0.329 e. The summed E-state index contributed by atoms with van der Waals surface area (Å²) in [6.07, 6.45) is 3.16. The Morgan fingerprint density at radius 2 is 1.84 bits per heavy atom. The Bertz CT molecular complexity index is 1060. The number of imidazole rings is 1. The Balaban J connectivity index is 1.33. The molecule has 5 rings (SSSR count). The van der Waals surface area contributed by atoms with Gasteiger partial charge in [0.05, 0.1) is 23.7 Å². The summed E-state index contributed by atoms with van der Waals surface area (Å²) in [7, 11) is 1.73. The van der Waals surface area contributed by atoms with Gasteiger partial charge in [-0.1, -0.05) is 0 Å². The summed E-state index contributed by atoms with van der Waals surface area (Å²) in [5, 5.41) is 5.58. The number of amides is 2. The summed E-state index contributed by atoms with van der Waals surface area (Å²) < 4.78 is 9.07. The van der Waals surface area contributed by atoms with Crippen molar-refractivity contribution in [1.29, 1.82) is 0 Å². The van der Waals surface area contributed by atoms with Crippen molar-refractivity contribution in [3.63, 3.8) is 0 Å². The van der Waals surface area contributed by atoms with Gasteiger partial charge in [-0.15, -0.1) is 0 Å². The molecule has 1 aromatic carbocycles. The number of nitrogens with zero attached hydrogens (tertiary/aromatic N) is 3. The highest BCUT2D eigenvalue weighted by Crippen LogP contribution is 2.29. The van der Waals surface area contributed by atoms with Crippen LogP contribution in [-0.2, 0) is 21.4 Å². The van der Waals surface area contributed by atoms with Crippen LogP contribution in [0.1, 0.15) is 31.7 Å². The van der Waals surface area contributed by atoms with Gasteiger partial charge in [-0.2, -0.15) is 0 Å². The van der Waals surface area contributed by atoms with Gasteiger partial charge in [-0.3, -0.25) is 24.0 Å². The molecule has 3 saturated heterocycles. The van der Waals surface area contributed by atoms with E-state index in [0.717, 1.165) is 62.3 Å². The second-order valence-electron chi connectivity index (χ2n) is 8.90. The molecule has 1 aromatic heterocycles. The molecule has 3 aliphatic rings. The predicted molar refractivity (Wildman–Crippen MR) is 116 cm³/mol. The van der Waals surface area contributed by atoms with Crippen molar-refractivity contribution in [2.75, 3.05) is 37.7 Å². The third-order valence-corrected chi connectivity index (χ3v) is 6.89. The van der Waals surface area contributed by atoms with Gasteiger partial charge in [-0.05, 0) is 43.4 Å². The lowest BCUT2D eigenvalue weighted by atomic mass is 9.97. The second kappa shape index (κ2) is 8.12. The highest BCUT2D eigenvalue weighted by molar-refractivity contribution is 6.00. The average Bonchev–Trinajstić information content (AvgIpc) is 2.98. The summed E-state index contributed by atoms with van der Waals surface area (Å²) >= 11 is 0. The Kier molecular flexibility index (Phi) is 5.31. The van der Waals surface area contributed by atoms with Gasteiger partial charge in [0.25, 0.3) is 0 Å². The van der Waals surface area contributed by atoms with Crippen LogP contribution in [0.4, 0.5) is 5.69 Å². The maximum Gasteiger partial charge on any atom is 0.329 e. The van der Waals surface area contributed by atoms with Crippen molar-refractivity contribution in [2.24, 2.45) is 13.0 Å². The maximum atomic E-state index is 12.9. The fourth-order valence-corrected chi connectivity index (χ4v) is 4.79. The van der Waals surface area contributed by atoms with Gasteiger partial charge >= 0.3 is 5.69 Å². The summed E-state index contributed by atoms with van der Waals surface area (Å²) in [5.74, 6) is -0.0922. The third-order valence-electron chi connectivity index (χ3n) is 6.89. The van der Waals surface area contributed by atoms with Gasteiger partial charge in [0.2, 0.25) is 11.8 Å². The van der Waals surface area contributed by atoms with E-state index in [-0.39, 0.29) is 18.0 Å². The number of aromatic nitrogens is 2. The molecule has 31 heavy (non-hydrogen) atoms. The quantitative estimate of drug-likeness (QED) is 0.676. The van der Waals surface area contributed by atoms with E-state index >= 15 is 0 Å². The minimum atomic E-state index is -0.652. The van der Waals surface area contributed by atoms with Crippen molar-refractivity contribution in [3.8, 4) is 0 Å². The monoisotopic (exact) mass is 427 g/mol. The standard InChI is InChI=1S/C22H29N5O4/c1-25-19-10-15(26-8-6-14(7-9-26)13-31-16-11-23-12-16)2-3-17(19)27(22(25)30)18-4-5-20(28)24-21(18)29/h2-3,10,14,16,18,23H,4-9,11-13H2,1H3,(H,24,28,29). The van der Waals surface area contributed by atoms with Crippen molar-refractivity contribution < 1.29 is 14.3 Å². The zero-order valence-corrected chi connectivity index (χ0v) is 17.8. The minimum absolute atomic E-state index is 0.233. The molecule has 0 aliphatic carbocycles. The molecule has 2 amide bonds. The number of rotatable bonds is 5. The SMILES string of the molecule is Cn1c(=O)n(C2CCC(=O)NC2=O)c2ccc(N3CCC(COC4CNC4)CC3)cc21. The zero-order chi connectivity index (χ0) is 21.5. The van der Waals surface area contributed by atoms with Crippen molar-refractivity contribution >= 4 is 28.5 Å². The second-order valence-corrected chi connectivity index (χ2v) is 8.90. The van der Waals surface area contributed by atoms with Crippen molar-refractivity contribution in [3.05, 3.63) is 28.7 Å². The predicted octanol–water partition coefficient (Wildman–Crippen LogP) is 0.523. The van der Waals surface area contributed by atoms with Crippen LogP contribution in [0.2, 0.25) is 0 Å². The number of fused-ring (bicyclic) bond motifs is 1. The number of aryl methyl sites for hydroxylation is 1. The number of carbonyl (C=O) groups excluding carboxylic acids is 2. The molecule has 166 valence electrons. The first-order valence-corrected chi connectivity index (χ1v) is 11.1. The molecule has 9 nitrogen and oxygen atoms in total. The van der Waals surface area contributed by atoms with E-state index in [2.05, 4.69) is 15.5 Å². The minimum Gasteiger partial charge on any atom is -0.375 e. The van der Waals surface area contributed by atoms with Crippen LogP contribution in [-0.4, -0.2) is 59.8 Å². The van der Waals surface area contributed by atoms with E-state index in [0.29, 0.717) is 18.4 Å². The van der Waals surface area contributed by atoms with E-state index in [1.807, 2.05) is 18.2 Å². The molecule has 0 bridgehead atoms. The Hall–Kier alpha value is -2.65. The Morgan fingerprint density at radius 1 is 1.06 bits per heavy atom. The highest BCUT2D eigenvalue weighted by Gasteiger charge is 2.31. The van der Waals surface area contributed by atoms with Gasteiger partial charge in [-0.25, -0.2) is 4.79 Å². The summed E-state index contributed by atoms with van der Waals surface area (Å²) in [6, 6.07) is 5.34. The molecule has 1 unspecified atom stereocenters. The number of anilines is 1. The van der Waals surface area contributed by atoms with Crippen molar-refractivity contribution in [1.82, 2.24) is 19.8 Å². The molecule has 2 N–H and O–H groups in total. The largest absolute Gasteiger partial charge is 0.375 e. The van der Waals surface area contributed by atoms with Crippen LogP contribution in [0.3, 0.4) is 0 Å². The lowest BCUT2D eigenvalue weighted by Crippen LogP contribution is -2.49. The molecule has 0 radical (unpaired) electrons. The molecule has 3 fully saturated rings.